The third-order valence-corrected chi connectivity index (χ3v) is 5.49. The molecule has 158 valence electrons. The fourth-order valence-corrected chi connectivity index (χ4v) is 3.49. The molecule has 1 aliphatic heterocycles. The lowest BCUT2D eigenvalue weighted by Crippen LogP contribution is -2.41. The number of rotatable bonds is 4. The number of urea groups is 1. The van der Waals surface area contributed by atoms with Crippen LogP contribution in [0.3, 0.4) is 0 Å². The number of nitrogens with two attached hydrogens (primary N) is 1. The molecular formula is C18H16N8O4S. The van der Waals surface area contributed by atoms with E-state index in [0.717, 1.165) is 4.68 Å². The van der Waals surface area contributed by atoms with Crippen LogP contribution < -0.4 is 14.9 Å². The average Bonchev–Trinajstić information content (AvgIpc) is 3.10. The molecule has 3 aromatic rings. The number of primary sulfonamides is 1. The van der Waals surface area contributed by atoms with Gasteiger partial charge in [-0.25, -0.2) is 18.4 Å². The normalized spacial score (nSPS) is 13.8. The first-order valence-corrected chi connectivity index (χ1v) is 10.4. The topological polar surface area (TPSA) is 156 Å². The number of aromatic nitrogens is 3. The average molecular weight is 440 g/mol. The van der Waals surface area contributed by atoms with Gasteiger partial charge in [-0.05, 0) is 36.4 Å². The molecule has 1 aromatic carbocycles. The molecule has 0 fully saturated rings. The van der Waals surface area contributed by atoms with Gasteiger partial charge in [0.1, 0.15) is 0 Å². The fraction of sp³-hybridized carbons (Fsp3) is 0.111. The highest BCUT2D eigenvalue weighted by molar-refractivity contribution is 7.89. The largest absolute Gasteiger partial charge is 0.330 e. The predicted octanol–water partition coefficient (Wildman–Crippen LogP) is 2.04. The summed E-state index contributed by atoms with van der Waals surface area (Å²) in [6.45, 7) is 0. The Labute approximate surface area is 176 Å². The molecule has 0 saturated heterocycles. The number of benzene rings is 1. The van der Waals surface area contributed by atoms with Gasteiger partial charge < -0.3 is 0 Å². The van der Waals surface area contributed by atoms with Crippen molar-refractivity contribution < 1.29 is 18.0 Å². The zero-order chi connectivity index (χ0) is 22.3. The lowest BCUT2D eigenvalue weighted by Gasteiger charge is -2.26. The molecule has 0 atom stereocenters. The van der Waals surface area contributed by atoms with Crippen molar-refractivity contribution >= 4 is 45.0 Å². The summed E-state index contributed by atoms with van der Waals surface area (Å²) in [4.78, 5) is 31.8. The van der Waals surface area contributed by atoms with E-state index in [9.17, 15) is 18.0 Å². The highest BCUT2D eigenvalue weighted by Crippen LogP contribution is 2.43. The molecule has 0 spiro atoms. The van der Waals surface area contributed by atoms with Crippen LogP contribution in [0.15, 0.2) is 63.9 Å². The van der Waals surface area contributed by atoms with Crippen molar-refractivity contribution in [1.29, 1.82) is 0 Å². The van der Waals surface area contributed by atoms with Gasteiger partial charge in [0.15, 0.2) is 17.3 Å². The van der Waals surface area contributed by atoms with Crippen molar-refractivity contribution in [2.75, 3.05) is 23.9 Å². The number of hydrogen-bond acceptors (Lipinski definition) is 8. The molecule has 31 heavy (non-hydrogen) atoms. The molecule has 0 aliphatic carbocycles. The van der Waals surface area contributed by atoms with Crippen LogP contribution in [-0.4, -0.2) is 49.2 Å². The molecule has 0 saturated carbocycles. The molecule has 4 rings (SSSR count). The van der Waals surface area contributed by atoms with Gasteiger partial charge >= 0.3 is 6.03 Å². The highest BCUT2D eigenvalue weighted by atomic mass is 32.2. The van der Waals surface area contributed by atoms with Crippen LogP contribution in [0.5, 0.6) is 0 Å². The second-order valence-electron chi connectivity index (χ2n) is 6.59. The van der Waals surface area contributed by atoms with Crippen LogP contribution in [-0.2, 0) is 10.0 Å². The first-order valence-electron chi connectivity index (χ1n) is 8.82. The summed E-state index contributed by atoms with van der Waals surface area (Å²) >= 11 is 0. The van der Waals surface area contributed by atoms with Gasteiger partial charge in [-0.2, -0.15) is 9.80 Å². The number of anilines is 2. The maximum absolute atomic E-state index is 12.9. The van der Waals surface area contributed by atoms with E-state index in [1.54, 1.807) is 12.1 Å². The Kier molecular flexibility index (Phi) is 4.83. The second-order valence-corrected chi connectivity index (χ2v) is 8.16. The summed E-state index contributed by atoms with van der Waals surface area (Å²) in [5, 5.41) is 17.6. The maximum atomic E-state index is 12.9. The van der Waals surface area contributed by atoms with Gasteiger partial charge in [-0.15, -0.1) is 10.2 Å². The Bertz CT molecular complexity index is 1320. The number of azo groups is 1. The van der Waals surface area contributed by atoms with E-state index in [4.69, 9.17) is 5.14 Å². The van der Waals surface area contributed by atoms with Crippen LogP contribution in [0, 0.1) is 0 Å². The summed E-state index contributed by atoms with van der Waals surface area (Å²) < 4.78 is 23.8. The highest BCUT2D eigenvalue weighted by Gasteiger charge is 2.37. The van der Waals surface area contributed by atoms with Crippen molar-refractivity contribution in [2.24, 2.45) is 15.4 Å². The molecule has 0 radical (unpaired) electrons. The van der Waals surface area contributed by atoms with E-state index < -0.39 is 22.0 Å². The van der Waals surface area contributed by atoms with Crippen molar-refractivity contribution in [3.05, 3.63) is 54.4 Å². The number of nitrogens with zero attached hydrogens (tertiary/aromatic N) is 7. The molecular weight excluding hydrogens is 424 g/mol. The summed E-state index contributed by atoms with van der Waals surface area (Å²) in [6, 6.07) is 8.26. The molecule has 2 aromatic heterocycles. The fourth-order valence-electron chi connectivity index (χ4n) is 2.98. The van der Waals surface area contributed by atoms with Gasteiger partial charge in [-0.1, -0.05) is 0 Å². The Morgan fingerprint density at radius 3 is 2.39 bits per heavy atom. The molecule has 3 heterocycles. The third-order valence-electron chi connectivity index (χ3n) is 4.56. The minimum atomic E-state index is -3.83. The van der Waals surface area contributed by atoms with Crippen molar-refractivity contribution in [3.63, 3.8) is 0 Å². The third kappa shape index (κ3) is 3.55. The summed E-state index contributed by atoms with van der Waals surface area (Å²) in [5.74, 6) is -0.185. The number of carbonyl (C=O) groups excluding carboxylic acids is 2. The van der Waals surface area contributed by atoms with Crippen LogP contribution in [0.1, 0.15) is 10.4 Å². The Balaban J connectivity index is 1.77. The monoisotopic (exact) mass is 440 g/mol. The Morgan fingerprint density at radius 2 is 1.77 bits per heavy atom. The molecule has 2 amide bonds. The van der Waals surface area contributed by atoms with Crippen LogP contribution >= 0.6 is 0 Å². The van der Waals surface area contributed by atoms with E-state index in [0.29, 0.717) is 5.69 Å². The van der Waals surface area contributed by atoms with E-state index in [-0.39, 0.29) is 27.8 Å². The zero-order valence-corrected chi connectivity index (χ0v) is 17.2. The van der Waals surface area contributed by atoms with Crippen LogP contribution in [0.4, 0.5) is 27.8 Å². The molecule has 12 nitrogen and oxygen atoms in total. The molecule has 2 bridgehead atoms. The predicted molar refractivity (Wildman–Crippen MR) is 110 cm³/mol. The number of amides is 2. The van der Waals surface area contributed by atoms with Crippen molar-refractivity contribution in [2.45, 2.75) is 4.90 Å². The maximum Gasteiger partial charge on any atom is 0.330 e. The Hall–Kier alpha value is -3.97. The van der Waals surface area contributed by atoms with Crippen LogP contribution in [0.2, 0.25) is 0 Å². The lowest BCUT2D eigenvalue weighted by molar-refractivity contribution is 0.0947. The molecule has 2 N–H and O–H groups in total. The van der Waals surface area contributed by atoms with Gasteiger partial charge in [0, 0.05) is 26.5 Å². The SMILES string of the molecule is CN1C(=O)N(C)c2c(N=Nc3ccc(S(N)(=O)=O)cc3)c1nn2C(=O)c1cccnc1. The van der Waals surface area contributed by atoms with E-state index in [1.807, 2.05) is 0 Å². The number of carbonyl (C=O) groups is 2. The van der Waals surface area contributed by atoms with Crippen molar-refractivity contribution in [3.8, 4) is 0 Å². The van der Waals surface area contributed by atoms with Crippen molar-refractivity contribution in [1.82, 2.24) is 14.8 Å². The number of pyridine rings is 1. The van der Waals surface area contributed by atoms with Gasteiger partial charge in [-0.3, -0.25) is 19.6 Å². The summed E-state index contributed by atoms with van der Waals surface area (Å²) in [5.41, 5.74) is 0.829. The zero-order valence-electron chi connectivity index (χ0n) is 16.4. The molecule has 1 aliphatic rings. The van der Waals surface area contributed by atoms with E-state index in [2.05, 4.69) is 20.3 Å². The summed E-state index contributed by atoms with van der Waals surface area (Å²) in [7, 11) is -0.833. The number of sulfonamides is 1. The summed E-state index contributed by atoms with van der Waals surface area (Å²) in [6.07, 6.45) is 2.93. The quantitative estimate of drug-likeness (QED) is 0.612. The minimum Gasteiger partial charge on any atom is -0.279 e. The second kappa shape index (κ2) is 7.37. The number of fused-ring (bicyclic) bond motifs is 2. The molecule has 13 heteroatoms. The van der Waals surface area contributed by atoms with E-state index >= 15 is 0 Å². The molecule has 0 unspecified atom stereocenters. The van der Waals surface area contributed by atoms with Gasteiger partial charge in [0.05, 0.1) is 16.1 Å². The van der Waals surface area contributed by atoms with Gasteiger partial charge in [0.2, 0.25) is 10.0 Å². The standard InChI is InChI=1S/C18H16N8O4S/c1-24-15-14(22-21-12-5-7-13(8-6-12)31(19,29)30)16(25(2)18(24)28)26(23-15)17(27)11-4-3-9-20-10-11/h3-10H,1-2H3,(H2,19,29,30). The minimum absolute atomic E-state index is 0.0612. The smallest absolute Gasteiger partial charge is 0.279 e. The Morgan fingerprint density at radius 1 is 1.06 bits per heavy atom. The lowest BCUT2D eigenvalue weighted by atomic mass is 10.2. The van der Waals surface area contributed by atoms with Crippen LogP contribution in [0.25, 0.3) is 0 Å². The van der Waals surface area contributed by atoms with Gasteiger partial charge in [0.25, 0.3) is 5.91 Å². The first-order chi connectivity index (χ1) is 14.7. The number of hydrogen-bond donors (Lipinski definition) is 1. The van der Waals surface area contributed by atoms with E-state index in [1.165, 1.54) is 60.6 Å². The first kappa shape index (κ1) is 20.3.